The van der Waals surface area contributed by atoms with Gasteiger partial charge in [0.15, 0.2) is 5.82 Å². The molecule has 0 saturated carbocycles. The highest BCUT2D eigenvalue weighted by atomic mass is 35.5. The fourth-order valence-corrected chi connectivity index (χ4v) is 4.56. The lowest BCUT2D eigenvalue weighted by Gasteiger charge is -2.37. The minimum atomic E-state index is -4.49. The molecule has 7 nitrogen and oxygen atoms in total. The zero-order valence-electron chi connectivity index (χ0n) is 17.0. The Bertz CT molecular complexity index is 943. The number of aromatic nitrogens is 3. The van der Waals surface area contributed by atoms with E-state index in [4.69, 9.17) is 16.1 Å². The SMILES string of the molecule is Cc1noc(C2CCCN(C(=O)C3CCN(c4ncc(C(F)(F)F)cc4Cl)CC3)C2)n1. The lowest BCUT2D eigenvalue weighted by molar-refractivity contribution is -0.138. The number of piperidine rings is 2. The second kappa shape index (κ2) is 8.64. The summed E-state index contributed by atoms with van der Waals surface area (Å²) in [6, 6.07) is 0.897. The molecule has 2 fully saturated rings. The molecule has 0 N–H and O–H groups in total. The van der Waals surface area contributed by atoms with Gasteiger partial charge in [-0.3, -0.25) is 4.79 Å². The molecule has 2 aromatic heterocycles. The van der Waals surface area contributed by atoms with E-state index < -0.39 is 11.7 Å². The number of carbonyl (C=O) groups is 1. The van der Waals surface area contributed by atoms with Gasteiger partial charge in [-0.05, 0) is 38.7 Å². The van der Waals surface area contributed by atoms with E-state index in [1.54, 1.807) is 6.92 Å². The molecule has 2 saturated heterocycles. The molecular formula is C20H23ClF3N5O2. The van der Waals surface area contributed by atoms with E-state index in [-0.39, 0.29) is 22.8 Å². The zero-order chi connectivity index (χ0) is 22.2. The molecule has 11 heteroatoms. The fourth-order valence-electron chi connectivity index (χ4n) is 4.27. The molecule has 0 aromatic carbocycles. The Morgan fingerprint density at radius 3 is 2.58 bits per heavy atom. The van der Waals surface area contributed by atoms with Gasteiger partial charge in [0, 0.05) is 38.3 Å². The van der Waals surface area contributed by atoms with Gasteiger partial charge in [0.05, 0.1) is 16.5 Å². The Morgan fingerprint density at radius 1 is 1.23 bits per heavy atom. The van der Waals surface area contributed by atoms with Crippen LogP contribution in [0.5, 0.6) is 0 Å². The first-order valence-electron chi connectivity index (χ1n) is 10.3. The molecule has 1 amide bonds. The zero-order valence-corrected chi connectivity index (χ0v) is 17.8. The maximum absolute atomic E-state index is 13.1. The van der Waals surface area contributed by atoms with E-state index in [9.17, 15) is 18.0 Å². The van der Waals surface area contributed by atoms with Crippen LogP contribution in [0.1, 0.15) is 48.9 Å². The van der Waals surface area contributed by atoms with E-state index >= 15 is 0 Å². The highest BCUT2D eigenvalue weighted by molar-refractivity contribution is 6.33. The molecule has 31 heavy (non-hydrogen) atoms. The number of rotatable bonds is 3. The van der Waals surface area contributed by atoms with Crippen molar-refractivity contribution >= 4 is 23.3 Å². The first-order chi connectivity index (χ1) is 14.7. The van der Waals surface area contributed by atoms with Crippen molar-refractivity contribution in [3.63, 3.8) is 0 Å². The largest absolute Gasteiger partial charge is 0.417 e. The molecular weight excluding hydrogens is 435 g/mol. The number of nitrogens with zero attached hydrogens (tertiary/aromatic N) is 5. The number of aryl methyl sites for hydroxylation is 1. The van der Waals surface area contributed by atoms with Crippen LogP contribution in [0, 0.1) is 12.8 Å². The highest BCUT2D eigenvalue weighted by Gasteiger charge is 2.35. The van der Waals surface area contributed by atoms with E-state index in [0.29, 0.717) is 56.6 Å². The van der Waals surface area contributed by atoms with Crippen LogP contribution < -0.4 is 4.90 Å². The van der Waals surface area contributed by atoms with Crippen molar-refractivity contribution in [1.82, 2.24) is 20.0 Å². The third-order valence-electron chi connectivity index (χ3n) is 5.92. The van der Waals surface area contributed by atoms with Gasteiger partial charge < -0.3 is 14.3 Å². The summed E-state index contributed by atoms with van der Waals surface area (Å²) in [5.74, 6) is 1.51. The topological polar surface area (TPSA) is 75.4 Å². The molecule has 0 bridgehead atoms. The molecule has 168 valence electrons. The van der Waals surface area contributed by atoms with Gasteiger partial charge in [-0.15, -0.1) is 0 Å². The number of anilines is 1. The summed E-state index contributed by atoms with van der Waals surface area (Å²) in [5.41, 5.74) is -0.873. The predicted octanol–water partition coefficient (Wildman–Crippen LogP) is 4.07. The number of carbonyl (C=O) groups excluding carboxylic acids is 1. The number of hydrogen-bond donors (Lipinski definition) is 0. The van der Waals surface area contributed by atoms with Crippen molar-refractivity contribution in [2.24, 2.45) is 5.92 Å². The number of amides is 1. The van der Waals surface area contributed by atoms with Crippen LogP contribution in [-0.2, 0) is 11.0 Å². The molecule has 4 heterocycles. The minimum absolute atomic E-state index is 0.0340. The van der Waals surface area contributed by atoms with Crippen LogP contribution in [0.3, 0.4) is 0 Å². The fraction of sp³-hybridized carbons (Fsp3) is 0.600. The Kier molecular flexibility index (Phi) is 6.09. The molecule has 0 aliphatic carbocycles. The smallest absolute Gasteiger partial charge is 0.355 e. The van der Waals surface area contributed by atoms with Crippen molar-refractivity contribution in [1.29, 1.82) is 0 Å². The van der Waals surface area contributed by atoms with Crippen LogP contribution in [0.2, 0.25) is 5.02 Å². The van der Waals surface area contributed by atoms with Crippen molar-refractivity contribution in [2.45, 2.75) is 44.7 Å². The summed E-state index contributed by atoms with van der Waals surface area (Å²) in [5, 5.41) is 3.81. The Labute approximate surface area is 182 Å². The summed E-state index contributed by atoms with van der Waals surface area (Å²) in [6.07, 6.45) is -0.715. The van der Waals surface area contributed by atoms with Gasteiger partial charge in [0.1, 0.15) is 5.82 Å². The van der Waals surface area contributed by atoms with E-state index in [2.05, 4.69) is 15.1 Å². The summed E-state index contributed by atoms with van der Waals surface area (Å²) in [4.78, 5) is 25.0. The van der Waals surface area contributed by atoms with E-state index in [1.165, 1.54) is 0 Å². The van der Waals surface area contributed by atoms with Gasteiger partial charge in [-0.25, -0.2) is 4.98 Å². The molecule has 2 aliphatic rings. The van der Waals surface area contributed by atoms with Crippen LogP contribution >= 0.6 is 11.6 Å². The molecule has 0 spiro atoms. The normalized spacial score (nSPS) is 20.9. The van der Waals surface area contributed by atoms with Crippen molar-refractivity contribution in [3.8, 4) is 0 Å². The molecule has 4 rings (SSSR count). The number of halogens is 4. The Balaban J connectivity index is 1.36. The van der Waals surface area contributed by atoms with Crippen molar-refractivity contribution < 1.29 is 22.5 Å². The number of pyridine rings is 1. The van der Waals surface area contributed by atoms with Gasteiger partial charge in [0.2, 0.25) is 11.8 Å². The third-order valence-corrected chi connectivity index (χ3v) is 6.20. The van der Waals surface area contributed by atoms with Crippen molar-refractivity contribution in [3.05, 3.63) is 34.6 Å². The molecule has 1 unspecified atom stereocenters. The lowest BCUT2D eigenvalue weighted by atomic mass is 9.92. The number of hydrogen-bond acceptors (Lipinski definition) is 6. The van der Waals surface area contributed by atoms with Crippen LogP contribution in [0.25, 0.3) is 0 Å². The molecule has 0 radical (unpaired) electrons. The summed E-state index contributed by atoms with van der Waals surface area (Å²) < 4.78 is 43.8. The average Bonchev–Trinajstić information content (AvgIpc) is 3.19. The Hall–Kier alpha value is -2.36. The highest BCUT2D eigenvalue weighted by Crippen LogP contribution is 2.35. The van der Waals surface area contributed by atoms with E-state index in [0.717, 1.165) is 25.1 Å². The predicted molar refractivity (Wildman–Crippen MR) is 107 cm³/mol. The Morgan fingerprint density at radius 2 is 1.97 bits per heavy atom. The lowest BCUT2D eigenvalue weighted by Crippen LogP contribution is -2.46. The number of likely N-dealkylation sites (tertiary alicyclic amines) is 1. The van der Waals surface area contributed by atoms with Gasteiger partial charge in [0.25, 0.3) is 0 Å². The molecule has 1 atom stereocenters. The monoisotopic (exact) mass is 457 g/mol. The maximum Gasteiger partial charge on any atom is 0.417 e. The number of alkyl halides is 3. The van der Waals surface area contributed by atoms with Crippen LogP contribution in [0.4, 0.5) is 19.0 Å². The minimum Gasteiger partial charge on any atom is -0.355 e. The molecule has 2 aromatic rings. The first kappa shape index (κ1) is 21.9. The van der Waals surface area contributed by atoms with Gasteiger partial charge in [-0.1, -0.05) is 16.8 Å². The maximum atomic E-state index is 13.1. The van der Waals surface area contributed by atoms with E-state index in [1.807, 2.05) is 9.80 Å². The standard InChI is InChI=1S/C20H23ClF3N5O2/c1-12-26-18(31-27-12)14-3-2-6-29(11-14)19(30)13-4-7-28(8-5-13)17-16(21)9-15(10-25-17)20(22,23)24/h9-10,13-14H,2-8,11H2,1H3. The van der Waals surface area contributed by atoms with Crippen LogP contribution in [0.15, 0.2) is 16.8 Å². The van der Waals surface area contributed by atoms with Crippen LogP contribution in [-0.4, -0.2) is 52.1 Å². The van der Waals surface area contributed by atoms with Gasteiger partial charge >= 0.3 is 6.18 Å². The summed E-state index contributed by atoms with van der Waals surface area (Å²) in [7, 11) is 0. The second-order valence-electron chi connectivity index (χ2n) is 8.09. The summed E-state index contributed by atoms with van der Waals surface area (Å²) >= 11 is 6.07. The van der Waals surface area contributed by atoms with Gasteiger partial charge in [-0.2, -0.15) is 18.2 Å². The first-order valence-corrected chi connectivity index (χ1v) is 10.7. The third kappa shape index (κ3) is 4.78. The quantitative estimate of drug-likeness (QED) is 0.691. The average molecular weight is 458 g/mol. The summed E-state index contributed by atoms with van der Waals surface area (Å²) in [6.45, 7) is 4.05. The molecule has 2 aliphatic heterocycles. The van der Waals surface area contributed by atoms with Crippen molar-refractivity contribution in [2.75, 3.05) is 31.1 Å². The second-order valence-corrected chi connectivity index (χ2v) is 8.50.